The number of halogens is 3. The summed E-state index contributed by atoms with van der Waals surface area (Å²) in [6, 6.07) is 4.37. The van der Waals surface area contributed by atoms with E-state index in [2.05, 4.69) is 21.2 Å². The Balaban J connectivity index is 0.00000200. The Bertz CT molecular complexity index is 476. The van der Waals surface area contributed by atoms with Gasteiger partial charge in [0.15, 0.2) is 0 Å². The zero-order valence-corrected chi connectivity index (χ0v) is 13.2. The normalized spacial score (nSPS) is 21.4. The van der Waals surface area contributed by atoms with Crippen molar-refractivity contribution in [2.75, 3.05) is 6.54 Å². The van der Waals surface area contributed by atoms with Gasteiger partial charge in [-0.05, 0) is 36.6 Å². The monoisotopic (exact) mass is 366 g/mol. The third kappa shape index (κ3) is 4.41. The first kappa shape index (κ1) is 17.4. The molecule has 1 amide bonds. The molecule has 4 nitrogen and oxygen atoms in total. The summed E-state index contributed by atoms with van der Waals surface area (Å²) in [6.07, 6.45) is 1.01. The van der Waals surface area contributed by atoms with Crippen LogP contribution in [0.3, 0.4) is 0 Å². The molecule has 7 heteroatoms. The summed E-state index contributed by atoms with van der Waals surface area (Å²) in [4.78, 5) is 11.9. The summed E-state index contributed by atoms with van der Waals surface area (Å²) in [5.41, 5.74) is 6.19. The molecule has 1 aliphatic heterocycles. The van der Waals surface area contributed by atoms with Gasteiger partial charge in [-0.1, -0.05) is 15.9 Å². The van der Waals surface area contributed by atoms with Gasteiger partial charge in [-0.3, -0.25) is 4.79 Å². The van der Waals surface area contributed by atoms with E-state index in [0.29, 0.717) is 18.5 Å². The predicted molar refractivity (Wildman–Crippen MR) is 80.1 cm³/mol. The van der Waals surface area contributed by atoms with Crippen molar-refractivity contribution in [2.45, 2.75) is 31.6 Å². The SMILES string of the molecule is Cl.NC[C@H]1CC[C@@H](C(=O)NCc2cc(F)ccc2Br)O1. The van der Waals surface area contributed by atoms with Gasteiger partial charge in [0, 0.05) is 17.6 Å². The van der Waals surface area contributed by atoms with Gasteiger partial charge in [-0.15, -0.1) is 12.4 Å². The van der Waals surface area contributed by atoms with Crippen LogP contribution in [0.4, 0.5) is 4.39 Å². The number of nitrogens with two attached hydrogens (primary N) is 1. The highest BCUT2D eigenvalue weighted by Crippen LogP contribution is 2.20. The number of carbonyl (C=O) groups is 1. The maximum absolute atomic E-state index is 13.1. The number of hydrogen-bond donors (Lipinski definition) is 2. The van der Waals surface area contributed by atoms with E-state index in [0.717, 1.165) is 10.9 Å². The van der Waals surface area contributed by atoms with Gasteiger partial charge >= 0.3 is 0 Å². The van der Waals surface area contributed by atoms with E-state index in [1.165, 1.54) is 12.1 Å². The molecule has 0 saturated carbocycles. The number of nitrogens with one attached hydrogen (secondary N) is 1. The summed E-state index contributed by atoms with van der Waals surface area (Å²) in [6.45, 7) is 0.698. The van der Waals surface area contributed by atoms with Gasteiger partial charge in [-0.2, -0.15) is 0 Å². The van der Waals surface area contributed by atoms with Crippen LogP contribution in [0.15, 0.2) is 22.7 Å². The lowest BCUT2D eigenvalue weighted by atomic mass is 10.2. The smallest absolute Gasteiger partial charge is 0.249 e. The molecule has 0 unspecified atom stereocenters. The van der Waals surface area contributed by atoms with Gasteiger partial charge in [-0.25, -0.2) is 4.39 Å². The topological polar surface area (TPSA) is 64.4 Å². The van der Waals surface area contributed by atoms with Crippen LogP contribution in [0, 0.1) is 5.82 Å². The third-order valence-corrected chi connectivity index (χ3v) is 3.90. The minimum atomic E-state index is -0.444. The first-order chi connectivity index (χ1) is 9.10. The first-order valence-corrected chi connectivity index (χ1v) is 6.96. The summed E-state index contributed by atoms with van der Waals surface area (Å²) in [5, 5.41) is 2.75. The minimum absolute atomic E-state index is 0. The average molecular weight is 368 g/mol. The van der Waals surface area contributed by atoms with E-state index in [1.54, 1.807) is 6.07 Å². The Labute approximate surface area is 131 Å². The minimum Gasteiger partial charge on any atom is -0.364 e. The van der Waals surface area contributed by atoms with Crippen LogP contribution >= 0.6 is 28.3 Å². The highest BCUT2D eigenvalue weighted by Gasteiger charge is 2.29. The molecule has 0 spiro atoms. The first-order valence-electron chi connectivity index (χ1n) is 6.17. The van der Waals surface area contributed by atoms with Gasteiger partial charge in [0.2, 0.25) is 5.91 Å². The van der Waals surface area contributed by atoms with Crippen LogP contribution in [0.5, 0.6) is 0 Å². The maximum atomic E-state index is 13.1. The Morgan fingerprint density at radius 2 is 2.25 bits per heavy atom. The van der Waals surface area contributed by atoms with E-state index < -0.39 is 6.10 Å². The molecule has 0 aromatic heterocycles. The second-order valence-electron chi connectivity index (χ2n) is 4.51. The summed E-state index contributed by atoms with van der Waals surface area (Å²) in [7, 11) is 0. The Hall–Kier alpha value is -0.690. The molecule has 2 rings (SSSR count). The Kier molecular flexibility index (Phi) is 6.88. The summed E-state index contributed by atoms with van der Waals surface area (Å²) >= 11 is 3.32. The van der Waals surface area contributed by atoms with E-state index in [-0.39, 0.29) is 36.8 Å². The zero-order chi connectivity index (χ0) is 13.8. The van der Waals surface area contributed by atoms with Crippen LogP contribution in [0.25, 0.3) is 0 Å². The van der Waals surface area contributed by atoms with E-state index >= 15 is 0 Å². The molecule has 0 bridgehead atoms. The van der Waals surface area contributed by atoms with Gasteiger partial charge in [0.1, 0.15) is 11.9 Å². The fraction of sp³-hybridized carbons (Fsp3) is 0.462. The van der Waals surface area contributed by atoms with Crippen molar-refractivity contribution in [1.82, 2.24) is 5.32 Å². The van der Waals surface area contributed by atoms with E-state index in [9.17, 15) is 9.18 Å². The molecular formula is C13H17BrClFN2O2. The van der Waals surface area contributed by atoms with Crippen LogP contribution in [-0.2, 0) is 16.1 Å². The van der Waals surface area contributed by atoms with E-state index in [1.807, 2.05) is 0 Å². The lowest BCUT2D eigenvalue weighted by Gasteiger charge is -2.13. The number of hydrogen-bond acceptors (Lipinski definition) is 3. The van der Waals surface area contributed by atoms with Crippen molar-refractivity contribution < 1.29 is 13.9 Å². The molecule has 0 radical (unpaired) electrons. The molecule has 0 aliphatic carbocycles. The molecule has 2 atom stereocenters. The summed E-state index contributed by atoms with van der Waals surface area (Å²) in [5.74, 6) is -0.500. The lowest BCUT2D eigenvalue weighted by Crippen LogP contribution is -2.35. The lowest BCUT2D eigenvalue weighted by molar-refractivity contribution is -0.132. The van der Waals surface area contributed by atoms with Crippen molar-refractivity contribution in [1.29, 1.82) is 0 Å². The molecule has 112 valence electrons. The highest BCUT2D eigenvalue weighted by molar-refractivity contribution is 9.10. The van der Waals surface area contributed by atoms with Crippen LogP contribution in [0.1, 0.15) is 18.4 Å². The fourth-order valence-electron chi connectivity index (χ4n) is 2.05. The van der Waals surface area contributed by atoms with Crippen LogP contribution in [0.2, 0.25) is 0 Å². The quantitative estimate of drug-likeness (QED) is 0.857. The van der Waals surface area contributed by atoms with Gasteiger partial charge in [0.25, 0.3) is 0 Å². The van der Waals surface area contributed by atoms with Gasteiger partial charge in [0.05, 0.1) is 6.10 Å². The van der Waals surface area contributed by atoms with Gasteiger partial charge < -0.3 is 15.8 Å². The van der Waals surface area contributed by atoms with E-state index in [4.69, 9.17) is 10.5 Å². The van der Waals surface area contributed by atoms with Crippen molar-refractivity contribution in [2.24, 2.45) is 5.73 Å². The second kappa shape index (κ2) is 7.93. The molecule has 1 saturated heterocycles. The number of benzene rings is 1. The molecule has 3 N–H and O–H groups in total. The van der Waals surface area contributed by atoms with Crippen molar-refractivity contribution >= 4 is 34.2 Å². The standard InChI is InChI=1S/C13H16BrFN2O2.ClH/c14-11-3-1-9(15)5-8(11)7-17-13(18)12-4-2-10(6-16)19-12;/h1,3,5,10,12H,2,4,6-7,16H2,(H,17,18);1H/t10-,12+;/m1./s1. The molecule has 20 heavy (non-hydrogen) atoms. The molecule has 1 aliphatic rings. The Morgan fingerprint density at radius 3 is 2.90 bits per heavy atom. The number of rotatable bonds is 4. The third-order valence-electron chi connectivity index (χ3n) is 3.12. The number of ether oxygens (including phenoxy) is 1. The molecule has 1 aromatic rings. The molecule has 1 aromatic carbocycles. The predicted octanol–water partition coefficient (Wildman–Crippen LogP) is 2.13. The molecule has 1 fully saturated rings. The van der Waals surface area contributed by atoms with Crippen LogP contribution < -0.4 is 11.1 Å². The number of carbonyl (C=O) groups excluding carboxylic acids is 1. The second-order valence-corrected chi connectivity index (χ2v) is 5.37. The average Bonchev–Trinajstić information content (AvgIpc) is 2.88. The van der Waals surface area contributed by atoms with Crippen molar-refractivity contribution in [3.8, 4) is 0 Å². The fourth-order valence-corrected chi connectivity index (χ4v) is 2.43. The maximum Gasteiger partial charge on any atom is 0.249 e. The highest BCUT2D eigenvalue weighted by atomic mass is 79.9. The summed E-state index contributed by atoms with van der Waals surface area (Å²) < 4.78 is 19.4. The molecule has 1 heterocycles. The number of amides is 1. The zero-order valence-electron chi connectivity index (χ0n) is 10.8. The Morgan fingerprint density at radius 1 is 1.50 bits per heavy atom. The van der Waals surface area contributed by atoms with Crippen LogP contribution in [-0.4, -0.2) is 24.7 Å². The largest absolute Gasteiger partial charge is 0.364 e. The van der Waals surface area contributed by atoms with Crippen molar-refractivity contribution in [3.63, 3.8) is 0 Å². The molecular weight excluding hydrogens is 351 g/mol. The van der Waals surface area contributed by atoms with Crippen molar-refractivity contribution in [3.05, 3.63) is 34.1 Å².